The average molecular weight is 328 g/mol. The molecule has 2 amide bonds. The Labute approximate surface area is 140 Å². The topological polar surface area (TPSA) is 49.4 Å². The Morgan fingerprint density at radius 2 is 1.96 bits per heavy atom. The van der Waals surface area contributed by atoms with Gasteiger partial charge in [0.15, 0.2) is 0 Å². The molecule has 2 aromatic rings. The number of benzene rings is 1. The van der Waals surface area contributed by atoms with Gasteiger partial charge in [-0.2, -0.15) is 0 Å². The molecule has 1 atom stereocenters. The number of nitrogens with zero attached hydrogens (tertiary/aromatic N) is 1. The maximum atomic E-state index is 12.6. The zero-order valence-corrected chi connectivity index (χ0v) is 14.2. The third-order valence-electron chi connectivity index (χ3n) is 4.04. The van der Waals surface area contributed by atoms with Crippen LogP contribution in [-0.2, 0) is 4.79 Å². The van der Waals surface area contributed by atoms with Crippen molar-refractivity contribution in [3.8, 4) is 0 Å². The van der Waals surface area contributed by atoms with E-state index in [9.17, 15) is 9.59 Å². The molecule has 0 radical (unpaired) electrons. The van der Waals surface area contributed by atoms with Crippen molar-refractivity contribution in [3.05, 3.63) is 51.7 Å². The summed E-state index contributed by atoms with van der Waals surface area (Å²) < 4.78 is 0. The standard InChI is InChI=1S/C18H20N2O2S/c1-12-9-13(2)11-14(10-12)19-17(21)15-5-3-7-20(15)18(22)16-6-4-8-23-16/h4,6,8-11,15H,3,5,7H2,1-2H3,(H,19,21). The lowest BCUT2D eigenvalue weighted by atomic mass is 10.1. The van der Waals surface area contributed by atoms with Gasteiger partial charge in [0.1, 0.15) is 6.04 Å². The predicted octanol–water partition coefficient (Wildman–Crippen LogP) is 3.61. The van der Waals surface area contributed by atoms with E-state index in [-0.39, 0.29) is 17.9 Å². The molecule has 1 aromatic carbocycles. The number of rotatable bonds is 3. The Balaban J connectivity index is 1.74. The van der Waals surface area contributed by atoms with Gasteiger partial charge < -0.3 is 10.2 Å². The van der Waals surface area contributed by atoms with Gasteiger partial charge in [-0.15, -0.1) is 11.3 Å². The molecule has 120 valence electrons. The number of aryl methyl sites for hydroxylation is 2. The second-order valence-electron chi connectivity index (χ2n) is 6.00. The highest BCUT2D eigenvalue weighted by molar-refractivity contribution is 7.12. The number of anilines is 1. The van der Waals surface area contributed by atoms with Crippen molar-refractivity contribution in [1.29, 1.82) is 0 Å². The molecule has 5 heteroatoms. The van der Waals surface area contributed by atoms with E-state index in [2.05, 4.69) is 11.4 Å². The summed E-state index contributed by atoms with van der Waals surface area (Å²) in [5.74, 6) is -0.143. The molecule has 0 saturated carbocycles. The molecule has 1 N–H and O–H groups in total. The van der Waals surface area contributed by atoms with Gasteiger partial charge in [-0.1, -0.05) is 12.1 Å². The minimum Gasteiger partial charge on any atom is -0.326 e. The molecule has 0 spiro atoms. The molecule has 0 bridgehead atoms. The van der Waals surface area contributed by atoms with Crippen LogP contribution in [0.3, 0.4) is 0 Å². The lowest BCUT2D eigenvalue weighted by molar-refractivity contribution is -0.119. The van der Waals surface area contributed by atoms with Crippen molar-refractivity contribution in [2.75, 3.05) is 11.9 Å². The summed E-state index contributed by atoms with van der Waals surface area (Å²) in [6, 6.07) is 9.25. The van der Waals surface area contributed by atoms with E-state index in [1.165, 1.54) is 11.3 Å². The highest BCUT2D eigenvalue weighted by Crippen LogP contribution is 2.24. The van der Waals surface area contributed by atoms with Crippen molar-refractivity contribution < 1.29 is 9.59 Å². The van der Waals surface area contributed by atoms with Crippen LogP contribution < -0.4 is 5.32 Å². The highest BCUT2D eigenvalue weighted by Gasteiger charge is 2.34. The lowest BCUT2D eigenvalue weighted by Crippen LogP contribution is -2.42. The van der Waals surface area contributed by atoms with Crippen molar-refractivity contribution in [1.82, 2.24) is 4.90 Å². The SMILES string of the molecule is Cc1cc(C)cc(NC(=O)C2CCCN2C(=O)c2cccs2)c1. The van der Waals surface area contributed by atoms with E-state index in [1.807, 2.05) is 43.5 Å². The molecular weight excluding hydrogens is 308 g/mol. The van der Waals surface area contributed by atoms with Crippen LogP contribution in [0.15, 0.2) is 35.7 Å². The first kappa shape index (κ1) is 15.7. The molecule has 3 rings (SSSR count). The van der Waals surface area contributed by atoms with Crippen LogP contribution >= 0.6 is 11.3 Å². The van der Waals surface area contributed by atoms with Crippen LogP contribution in [0.5, 0.6) is 0 Å². The number of likely N-dealkylation sites (tertiary alicyclic amines) is 1. The maximum absolute atomic E-state index is 12.6. The number of nitrogens with one attached hydrogen (secondary N) is 1. The summed E-state index contributed by atoms with van der Waals surface area (Å²) in [4.78, 5) is 27.5. The maximum Gasteiger partial charge on any atom is 0.264 e. The molecule has 1 aromatic heterocycles. The molecule has 2 heterocycles. The zero-order valence-electron chi connectivity index (χ0n) is 13.3. The third kappa shape index (κ3) is 3.45. The first-order valence-corrected chi connectivity index (χ1v) is 8.66. The summed E-state index contributed by atoms with van der Waals surface area (Å²) in [5.41, 5.74) is 3.01. The van der Waals surface area contributed by atoms with Gasteiger partial charge in [-0.3, -0.25) is 9.59 Å². The van der Waals surface area contributed by atoms with Crippen LogP contribution in [-0.4, -0.2) is 29.3 Å². The van der Waals surface area contributed by atoms with Gasteiger partial charge in [0.2, 0.25) is 5.91 Å². The largest absolute Gasteiger partial charge is 0.326 e. The van der Waals surface area contributed by atoms with E-state index in [0.29, 0.717) is 17.8 Å². The van der Waals surface area contributed by atoms with Crippen LogP contribution in [0.2, 0.25) is 0 Å². The monoisotopic (exact) mass is 328 g/mol. The van der Waals surface area contributed by atoms with Gasteiger partial charge in [0.25, 0.3) is 5.91 Å². The molecule has 1 unspecified atom stereocenters. The van der Waals surface area contributed by atoms with E-state index in [1.54, 1.807) is 4.90 Å². The van der Waals surface area contributed by atoms with Crippen LogP contribution in [0.25, 0.3) is 0 Å². The Morgan fingerprint density at radius 3 is 2.61 bits per heavy atom. The summed E-state index contributed by atoms with van der Waals surface area (Å²) in [5, 5.41) is 4.85. The number of carbonyl (C=O) groups excluding carboxylic acids is 2. The summed E-state index contributed by atoms with van der Waals surface area (Å²) in [6.45, 7) is 4.65. The third-order valence-corrected chi connectivity index (χ3v) is 4.90. The number of carbonyl (C=O) groups is 2. The minimum atomic E-state index is -0.384. The Hall–Kier alpha value is -2.14. The number of hydrogen-bond acceptors (Lipinski definition) is 3. The molecule has 1 aliphatic rings. The fourth-order valence-electron chi connectivity index (χ4n) is 3.10. The smallest absolute Gasteiger partial charge is 0.264 e. The van der Waals surface area contributed by atoms with Gasteiger partial charge in [-0.25, -0.2) is 0 Å². The van der Waals surface area contributed by atoms with Crippen LogP contribution in [0.1, 0.15) is 33.6 Å². The molecule has 1 fully saturated rings. The minimum absolute atomic E-state index is 0.0435. The summed E-state index contributed by atoms with van der Waals surface area (Å²) >= 11 is 1.42. The van der Waals surface area contributed by atoms with Gasteiger partial charge >= 0.3 is 0 Å². The lowest BCUT2D eigenvalue weighted by Gasteiger charge is -2.23. The molecule has 0 aliphatic carbocycles. The number of amides is 2. The number of hydrogen-bond donors (Lipinski definition) is 1. The normalized spacial score (nSPS) is 17.3. The first-order valence-electron chi connectivity index (χ1n) is 7.78. The fraction of sp³-hybridized carbons (Fsp3) is 0.333. The zero-order chi connectivity index (χ0) is 16.4. The second-order valence-corrected chi connectivity index (χ2v) is 6.95. The quantitative estimate of drug-likeness (QED) is 0.936. The van der Waals surface area contributed by atoms with Gasteiger partial charge in [0.05, 0.1) is 4.88 Å². The average Bonchev–Trinajstić information content (AvgIpc) is 3.17. The second kappa shape index (κ2) is 6.54. The molecule has 1 saturated heterocycles. The first-order chi connectivity index (χ1) is 11.0. The van der Waals surface area contributed by atoms with Gasteiger partial charge in [0, 0.05) is 12.2 Å². The highest BCUT2D eigenvalue weighted by atomic mass is 32.1. The van der Waals surface area contributed by atoms with E-state index < -0.39 is 0 Å². The fourth-order valence-corrected chi connectivity index (χ4v) is 3.78. The van der Waals surface area contributed by atoms with E-state index >= 15 is 0 Å². The summed E-state index contributed by atoms with van der Waals surface area (Å²) in [6.07, 6.45) is 1.58. The van der Waals surface area contributed by atoms with Gasteiger partial charge in [-0.05, 0) is 61.4 Å². The van der Waals surface area contributed by atoms with Crippen molar-refractivity contribution in [2.45, 2.75) is 32.7 Å². The van der Waals surface area contributed by atoms with Crippen molar-refractivity contribution >= 4 is 28.8 Å². The Kier molecular flexibility index (Phi) is 4.48. The molecule has 1 aliphatic heterocycles. The van der Waals surface area contributed by atoms with Crippen molar-refractivity contribution in [2.24, 2.45) is 0 Å². The van der Waals surface area contributed by atoms with E-state index in [0.717, 1.165) is 23.2 Å². The van der Waals surface area contributed by atoms with Crippen LogP contribution in [0, 0.1) is 13.8 Å². The Morgan fingerprint density at radius 1 is 1.22 bits per heavy atom. The molecular formula is C18H20N2O2S. The van der Waals surface area contributed by atoms with E-state index in [4.69, 9.17) is 0 Å². The molecule has 4 nitrogen and oxygen atoms in total. The predicted molar refractivity (Wildman–Crippen MR) is 92.9 cm³/mol. The summed E-state index contributed by atoms with van der Waals surface area (Å²) in [7, 11) is 0. The number of thiophene rings is 1. The Bertz CT molecular complexity index is 704. The molecule has 23 heavy (non-hydrogen) atoms. The van der Waals surface area contributed by atoms with Crippen molar-refractivity contribution in [3.63, 3.8) is 0 Å². The van der Waals surface area contributed by atoms with Crippen LogP contribution in [0.4, 0.5) is 5.69 Å².